The molecule has 0 atom stereocenters. The summed E-state index contributed by atoms with van der Waals surface area (Å²) in [6, 6.07) is 17.0. The van der Waals surface area contributed by atoms with Gasteiger partial charge in [-0.05, 0) is 43.2 Å². The van der Waals surface area contributed by atoms with Crippen LogP contribution in [0.15, 0.2) is 65.1 Å². The third-order valence-corrected chi connectivity index (χ3v) is 5.81. The first kappa shape index (κ1) is 20.0. The highest BCUT2D eigenvalue weighted by Crippen LogP contribution is 2.29. The summed E-state index contributed by atoms with van der Waals surface area (Å²) < 4.78 is 19.5. The van der Waals surface area contributed by atoms with Crippen LogP contribution in [0.4, 0.5) is 10.1 Å². The average molecular weight is 432 g/mol. The van der Waals surface area contributed by atoms with E-state index in [1.807, 2.05) is 24.3 Å². The zero-order chi connectivity index (χ0) is 22.1. The number of fused-ring (bicyclic) bond motifs is 1. The molecule has 8 heteroatoms. The molecule has 162 valence electrons. The molecule has 0 bridgehead atoms. The van der Waals surface area contributed by atoms with E-state index in [2.05, 4.69) is 15.5 Å². The second-order valence-electron chi connectivity index (χ2n) is 7.86. The zero-order valence-electron chi connectivity index (χ0n) is 17.2. The number of rotatable bonds is 4. The number of carbonyl (C=O) groups excluding carboxylic acids is 2. The summed E-state index contributed by atoms with van der Waals surface area (Å²) >= 11 is 0. The minimum Gasteiger partial charge on any atom is -0.451 e. The Balaban J connectivity index is 1.21. The van der Waals surface area contributed by atoms with E-state index in [0.29, 0.717) is 24.4 Å². The van der Waals surface area contributed by atoms with Crippen molar-refractivity contribution in [1.82, 2.24) is 15.1 Å². The second kappa shape index (κ2) is 8.30. The van der Waals surface area contributed by atoms with E-state index in [-0.39, 0.29) is 23.2 Å². The molecule has 4 aromatic rings. The molecule has 2 amide bonds. The van der Waals surface area contributed by atoms with Crippen LogP contribution in [0.2, 0.25) is 0 Å². The fourth-order valence-corrected chi connectivity index (χ4v) is 4.05. The van der Waals surface area contributed by atoms with Gasteiger partial charge in [0.15, 0.2) is 11.5 Å². The lowest BCUT2D eigenvalue weighted by Crippen LogP contribution is -2.37. The molecule has 3 heterocycles. The lowest BCUT2D eigenvalue weighted by Gasteiger charge is -2.30. The van der Waals surface area contributed by atoms with Gasteiger partial charge < -0.3 is 14.6 Å². The van der Waals surface area contributed by atoms with Crippen molar-refractivity contribution < 1.29 is 18.4 Å². The Hall–Kier alpha value is -3.94. The molecule has 2 aromatic carbocycles. The summed E-state index contributed by atoms with van der Waals surface area (Å²) in [6.45, 7) is 1.16. The van der Waals surface area contributed by atoms with Gasteiger partial charge in [-0.25, -0.2) is 4.39 Å². The zero-order valence-corrected chi connectivity index (χ0v) is 17.2. The molecule has 0 saturated carbocycles. The predicted octanol–water partition coefficient (Wildman–Crippen LogP) is 4.57. The molecule has 2 aromatic heterocycles. The van der Waals surface area contributed by atoms with Gasteiger partial charge in [-0.1, -0.05) is 30.3 Å². The van der Waals surface area contributed by atoms with Gasteiger partial charge in [0.2, 0.25) is 0 Å². The van der Waals surface area contributed by atoms with Crippen LogP contribution >= 0.6 is 0 Å². The van der Waals surface area contributed by atoms with Crippen molar-refractivity contribution in [3.63, 3.8) is 0 Å². The maximum absolute atomic E-state index is 13.8. The van der Waals surface area contributed by atoms with Crippen LogP contribution in [0, 0.1) is 5.82 Å². The quantitative estimate of drug-likeness (QED) is 0.494. The van der Waals surface area contributed by atoms with E-state index in [1.165, 1.54) is 12.1 Å². The van der Waals surface area contributed by atoms with Crippen molar-refractivity contribution in [1.29, 1.82) is 0 Å². The Morgan fingerprint density at radius 1 is 1.06 bits per heavy atom. The number of halogens is 1. The Bertz CT molecular complexity index is 1250. The molecular weight excluding hydrogens is 411 g/mol. The summed E-state index contributed by atoms with van der Waals surface area (Å²) in [5.41, 5.74) is 1.84. The summed E-state index contributed by atoms with van der Waals surface area (Å²) in [4.78, 5) is 27.0. The lowest BCUT2D eigenvalue weighted by molar-refractivity contribution is 0.0682. The molecule has 0 aliphatic carbocycles. The number of hydrogen-bond donors (Lipinski definition) is 2. The molecule has 0 radical (unpaired) electrons. The Morgan fingerprint density at radius 2 is 1.81 bits per heavy atom. The van der Waals surface area contributed by atoms with Crippen molar-refractivity contribution in [2.75, 3.05) is 18.4 Å². The van der Waals surface area contributed by atoms with Crippen LogP contribution in [-0.4, -0.2) is 40.0 Å². The molecule has 0 unspecified atom stereocenters. The largest absolute Gasteiger partial charge is 0.451 e. The number of benzene rings is 2. The normalized spacial score (nSPS) is 14.6. The Labute approximate surface area is 183 Å². The number of aromatic amines is 1. The minimum absolute atomic E-state index is 0.111. The van der Waals surface area contributed by atoms with Gasteiger partial charge >= 0.3 is 0 Å². The van der Waals surface area contributed by atoms with E-state index < -0.39 is 11.7 Å². The first-order chi connectivity index (χ1) is 15.6. The first-order valence-electron chi connectivity index (χ1n) is 10.5. The van der Waals surface area contributed by atoms with Crippen LogP contribution < -0.4 is 5.32 Å². The van der Waals surface area contributed by atoms with E-state index in [4.69, 9.17) is 4.42 Å². The van der Waals surface area contributed by atoms with Gasteiger partial charge in [0.1, 0.15) is 11.4 Å². The number of hydrogen-bond acceptors (Lipinski definition) is 4. The summed E-state index contributed by atoms with van der Waals surface area (Å²) in [6.07, 6.45) is 1.48. The number of aromatic nitrogens is 2. The molecule has 1 aliphatic heterocycles. The van der Waals surface area contributed by atoms with Gasteiger partial charge in [0, 0.05) is 30.1 Å². The van der Waals surface area contributed by atoms with E-state index in [9.17, 15) is 14.0 Å². The van der Waals surface area contributed by atoms with Crippen LogP contribution in [-0.2, 0) is 0 Å². The Kier molecular flexibility index (Phi) is 5.18. The SMILES string of the molecule is O=C(Nc1ccccc1F)c1cc(C2CCN(C(=O)c3cc4ccccc4o3)CC2)[nH]n1. The topological polar surface area (TPSA) is 91.2 Å². The number of anilines is 1. The number of carbonyl (C=O) groups is 2. The van der Waals surface area contributed by atoms with Crippen LogP contribution in [0.3, 0.4) is 0 Å². The van der Waals surface area contributed by atoms with Gasteiger partial charge in [-0.15, -0.1) is 0 Å². The molecule has 0 spiro atoms. The molecule has 1 fully saturated rings. The Morgan fingerprint density at radius 3 is 2.59 bits per heavy atom. The smallest absolute Gasteiger partial charge is 0.289 e. The van der Waals surface area contributed by atoms with Gasteiger partial charge in [0.25, 0.3) is 11.8 Å². The van der Waals surface area contributed by atoms with Crippen molar-refractivity contribution in [3.05, 3.63) is 83.6 Å². The number of amides is 2. The van der Waals surface area contributed by atoms with Crippen LogP contribution in [0.25, 0.3) is 11.0 Å². The molecule has 1 saturated heterocycles. The number of nitrogens with zero attached hydrogens (tertiary/aromatic N) is 2. The van der Waals surface area contributed by atoms with Crippen LogP contribution in [0.1, 0.15) is 45.5 Å². The summed E-state index contributed by atoms with van der Waals surface area (Å²) in [5, 5.41) is 10.5. The molecule has 32 heavy (non-hydrogen) atoms. The molecule has 7 nitrogen and oxygen atoms in total. The number of piperidine rings is 1. The van der Waals surface area contributed by atoms with E-state index >= 15 is 0 Å². The predicted molar refractivity (Wildman–Crippen MR) is 117 cm³/mol. The monoisotopic (exact) mass is 432 g/mol. The van der Waals surface area contributed by atoms with Crippen molar-refractivity contribution in [2.45, 2.75) is 18.8 Å². The fourth-order valence-electron chi connectivity index (χ4n) is 4.05. The number of furan rings is 1. The van der Waals surface area contributed by atoms with Crippen LogP contribution in [0.5, 0.6) is 0 Å². The summed E-state index contributed by atoms with van der Waals surface area (Å²) in [7, 11) is 0. The maximum atomic E-state index is 13.8. The number of nitrogens with one attached hydrogen (secondary N) is 2. The number of para-hydroxylation sites is 2. The third-order valence-electron chi connectivity index (χ3n) is 5.81. The van der Waals surface area contributed by atoms with E-state index in [0.717, 1.165) is 23.9 Å². The van der Waals surface area contributed by atoms with Crippen molar-refractivity contribution in [2.24, 2.45) is 0 Å². The standard InChI is InChI=1S/C24H21FN4O3/c25-17-6-2-3-7-18(17)26-23(30)20-14-19(27-28-20)15-9-11-29(12-10-15)24(31)22-13-16-5-1-4-8-21(16)32-22/h1-8,13-15H,9-12H2,(H,26,30)(H,27,28). The molecule has 5 rings (SSSR count). The van der Waals surface area contributed by atoms with Gasteiger partial charge in [-0.2, -0.15) is 5.10 Å². The van der Waals surface area contributed by atoms with Gasteiger partial charge in [0.05, 0.1) is 5.69 Å². The maximum Gasteiger partial charge on any atom is 0.289 e. The average Bonchev–Trinajstić information content (AvgIpc) is 3.48. The highest BCUT2D eigenvalue weighted by atomic mass is 19.1. The minimum atomic E-state index is -0.502. The highest BCUT2D eigenvalue weighted by molar-refractivity contribution is 6.03. The number of H-pyrrole nitrogens is 1. The number of likely N-dealkylation sites (tertiary alicyclic amines) is 1. The lowest BCUT2D eigenvalue weighted by atomic mass is 9.93. The molecular formula is C24H21FN4O3. The molecule has 2 N–H and O–H groups in total. The second-order valence-corrected chi connectivity index (χ2v) is 7.86. The summed E-state index contributed by atoms with van der Waals surface area (Å²) in [5.74, 6) is -0.599. The van der Waals surface area contributed by atoms with E-state index in [1.54, 1.807) is 29.2 Å². The molecule has 1 aliphatic rings. The highest BCUT2D eigenvalue weighted by Gasteiger charge is 2.28. The third kappa shape index (κ3) is 3.87. The van der Waals surface area contributed by atoms with Gasteiger partial charge in [-0.3, -0.25) is 14.7 Å². The van der Waals surface area contributed by atoms with Crippen molar-refractivity contribution >= 4 is 28.5 Å². The first-order valence-corrected chi connectivity index (χ1v) is 10.5. The fraction of sp³-hybridized carbons (Fsp3) is 0.208. The van der Waals surface area contributed by atoms with Crippen molar-refractivity contribution in [3.8, 4) is 0 Å².